The van der Waals surface area contributed by atoms with Crippen LogP contribution in [0.1, 0.15) is 33.6 Å². The average Bonchev–Trinajstić information content (AvgIpc) is 2.86. The molecular formula is C12H18Cl2N2O4. The van der Waals surface area contributed by atoms with Crippen molar-refractivity contribution in [1.29, 1.82) is 0 Å². The van der Waals surface area contributed by atoms with Crippen molar-refractivity contribution in [2.75, 3.05) is 6.61 Å². The van der Waals surface area contributed by atoms with E-state index in [4.69, 9.17) is 27.9 Å². The topological polar surface area (TPSA) is 84.5 Å². The molecule has 1 rings (SSSR count). The van der Waals surface area contributed by atoms with Crippen molar-refractivity contribution in [3.05, 3.63) is 0 Å². The van der Waals surface area contributed by atoms with Crippen molar-refractivity contribution in [2.24, 2.45) is 5.41 Å². The van der Waals surface area contributed by atoms with Gasteiger partial charge in [-0.25, -0.2) is 4.79 Å². The van der Waals surface area contributed by atoms with Crippen LogP contribution in [0.2, 0.25) is 0 Å². The second kappa shape index (κ2) is 6.18. The number of esters is 1. The maximum atomic E-state index is 11.7. The standard InChI is InChI=1S/C12H18Cl2N2O4/c1-4-7(2)15-10(19)16-8(17)5-20-9(18)11(3)6-12(11,13)14/h7H,4-6H2,1-3H3,(H2,15,16,17,19)/t7-,11-/m1/s1. The third kappa shape index (κ3) is 3.99. The highest BCUT2D eigenvalue weighted by atomic mass is 35.5. The van der Waals surface area contributed by atoms with E-state index in [0.717, 1.165) is 6.42 Å². The largest absolute Gasteiger partial charge is 0.455 e. The van der Waals surface area contributed by atoms with Gasteiger partial charge in [0.1, 0.15) is 9.75 Å². The molecule has 0 radical (unpaired) electrons. The smallest absolute Gasteiger partial charge is 0.321 e. The maximum absolute atomic E-state index is 11.7. The molecule has 1 aliphatic carbocycles. The molecule has 0 aromatic carbocycles. The third-order valence-corrected chi connectivity index (χ3v) is 4.39. The summed E-state index contributed by atoms with van der Waals surface area (Å²) in [6, 6.07) is -0.675. The van der Waals surface area contributed by atoms with Crippen molar-refractivity contribution in [3.8, 4) is 0 Å². The lowest BCUT2D eigenvalue weighted by Crippen LogP contribution is -2.44. The fourth-order valence-electron chi connectivity index (χ4n) is 1.44. The first-order chi connectivity index (χ1) is 9.12. The third-order valence-electron chi connectivity index (χ3n) is 3.29. The van der Waals surface area contributed by atoms with Crippen LogP contribution in [0.4, 0.5) is 4.79 Å². The first-order valence-electron chi connectivity index (χ1n) is 6.28. The summed E-state index contributed by atoms with van der Waals surface area (Å²) in [6.45, 7) is 4.71. The molecule has 20 heavy (non-hydrogen) atoms. The normalized spacial score (nSPS) is 24.4. The van der Waals surface area contributed by atoms with Gasteiger partial charge in [0.15, 0.2) is 6.61 Å². The zero-order valence-corrected chi connectivity index (χ0v) is 13.1. The van der Waals surface area contributed by atoms with Crippen LogP contribution in [0.3, 0.4) is 0 Å². The van der Waals surface area contributed by atoms with Gasteiger partial charge in [0.05, 0.1) is 0 Å². The van der Waals surface area contributed by atoms with Crippen molar-refractivity contribution >= 4 is 41.1 Å². The van der Waals surface area contributed by atoms with Gasteiger partial charge in [-0.3, -0.25) is 14.9 Å². The number of ether oxygens (including phenoxy) is 1. The molecular weight excluding hydrogens is 307 g/mol. The highest BCUT2D eigenvalue weighted by Gasteiger charge is 2.69. The molecule has 1 saturated carbocycles. The molecule has 0 aromatic heterocycles. The second-order valence-electron chi connectivity index (χ2n) is 5.12. The first kappa shape index (κ1) is 17.0. The number of amides is 3. The van der Waals surface area contributed by atoms with E-state index in [9.17, 15) is 14.4 Å². The first-order valence-corrected chi connectivity index (χ1v) is 7.03. The van der Waals surface area contributed by atoms with Gasteiger partial charge in [0, 0.05) is 12.5 Å². The molecule has 0 bridgehead atoms. The number of halogens is 2. The van der Waals surface area contributed by atoms with Crippen LogP contribution in [0, 0.1) is 5.41 Å². The van der Waals surface area contributed by atoms with E-state index in [-0.39, 0.29) is 12.5 Å². The van der Waals surface area contributed by atoms with E-state index in [1.807, 2.05) is 6.92 Å². The number of carbonyl (C=O) groups is 3. The lowest BCUT2D eigenvalue weighted by molar-refractivity contribution is -0.153. The van der Waals surface area contributed by atoms with Crippen molar-refractivity contribution < 1.29 is 19.1 Å². The number of carbonyl (C=O) groups excluding carboxylic acids is 3. The van der Waals surface area contributed by atoms with E-state index < -0.39 is 34.3 Å². The van der Waals surface area contributed by atoms with Crippen LogP contribution in [0.5, 0.6) is 0 Å². The minimum Gasteiger partial charge on any atom is -0.455 e. The molecule has 8 heteroatoms. The van der Waals surface area contributed by atoms with Crippen molar-refractivity contribution in [3.63, 3.8) is 0 Å². The average molecular weight is 325 g/mol. The summed E-state index contributed by atoms with van der Waals surface area (Å²) in [5, 5.41) is 4.61. The number of hydrogen-bond donors (Lipinski definition) is 2. The molecule has 0 unspecified atom stereocenters. The lowest BCUT2D eigenvalue weighted by Gasteiger charge is -2.13. The number of urea groups is 1. The Morgan fingerprint density at radius 1 is 1.35 bits per heavy atom. The Morgan fingerprint density at radius 3 is 2.35 bits per heavy atom. The molecule has 0 heterocycles. The monoisotopic (exact) mass is 324 g/mol. The Morgan fingerprint density at radius 2 is 1.90 bits per heavy atom. The molecule has 0 spiro atoms. The lowest BCUT2D eigenvalue weighted by atomic mass is 10.1. The molecule has 1 fully saturated rings. The number of imide groups is 1. The highest BCUT2D eigenvalue weighted by molar-refractivity contribution is 6.53. The molecule has 0 aromatic rings. The summed E-state index contributed by atoms with van der Waals surface area (Å²) < 4.78 is 3.65. The maximum Gasteiger partial charge on any atom is 0.321 e. The quantitative estimate of drug-likeness (QED) is 0.596. The van der Waals surface area contributed by atoms with E-state index in [0.29, 0.717) is 0 Å². The molecule has 3 amide bonds. The summed E-state index contributed by atoms with van der Waals surface area (Å²) in [5.41, 5.74) is -0.991. The van der Waals surface area contributed by atoms with Crippen LogP contribution < -0.4 is 10.6 Å². The minimum atomic E-state index is -1.14. The van der Waals surface area contributed by atoms with Crippen LogP contribution in [0.15, 0.2) is 0 Å². The van der Waals surface area contributed by atoms with Gasteiger partial charge in [-0.2, -0.15) is 0 Å². The Kier molecular flexibility index (Phi) is 5.27. The molecule has 6 nitrogen and oxygen atoms in total. The van der Waals surface area contributed by atoms with Gasteiger partial charge >= 0.3 is 12.0 Å². The molecule has 1 aliphatic rings. The van der Waals surface area contributed by atoms with Crippen LogP contribution in [-0.2, 0) is 14.3 Å². The van der Waals surface area contributed by atoms with Crippen molar-refractivity contribution in [1.82, 2.24) is 10.6 Å². The SMILES string of the molecule is CC[C@@H](C)NC(=O)NC(=O)COC(=O)[C@@]1(C)CC1(Cl)Cl. The molecule has 2 atom stereocenters. The zero-order valence-electron chi connectivity index (χ0n) is 11.6. The number of hydrogen-bond acceptors (Lipinski definition) is 4. The van der Waals surface area contributed by atoms with E-state index >= 15 is 0 Å². The van der Waals surface area contributed by atoms with Crippen LogP contribution in [0.25, 0.3) is 0 Å². The van der Waals surface area contributed by atoms with Gasteiger partial charge in [-0.05, 0) is 20.3 Å². The Bertz CT molecular complexity index is 428. The summed E-state index contributed by atoms with van der Waals surface area (Å²) in [6.07, 6.45) is 1.01. The molecule has 2 N–H and O–H groups in total. The number of nitrogens with one attached hydrogen (secondary N) is 2. The van der Waals surface area contributed by atoms with Gasteiger partial charge in [-0.15, -0.1) is 23.2 Å². The summed E-state index contributed by atoms with van der Waals surface area (Å²) >= 11 is 11.6. The minimum absolute atomic E-state index is 0.0520. The summed E-state index contributed by atoms with van der Waals surface area (Å²) in [7, 11) is 0. The Balaban J connectivity index is 2.31. The van der Waals surface area contributed by atoms with Gasteiger partial charge in [0.25, 0.3) is 5.91 Å². The van der Waals surface area contributed by atoms with E-state index in [2.05, 4.69) is 10.6 Å². The van der Waals surface area contributed by atoms with Crippen LogP contribution >= 0.6 is 23.2 Å². The zero-order chi connectivity index (χ0) is 15.6. The molecule has 0 aliphatic heterocycles. The second-order valence-corrected chi connectivity index (χ2v) is 6.60. The fraction of sp³-hybridized carbons (Fsp3) is 0.750. The van der Waals surface area contributed by atoms with Crippen molar-refractivity contribution in [2.45, 2.75) is 44.0 Å². The summed E-state index contributed by atoms with van der Waals surface area (Å²) in [5.74, 6) is -1.36. The number of alkyl halides is 2. The molecule has 114 valence electrons. The molecule has 0 saturated heterocycles. The summed E-state index contributed by atoms with van der Waals surface area (Å²) in [4.78, 5) is 34.5. The van der Waals surface area contributed by atoms with Gasteiger partial charge in [-0.1, -0.05) is 6.92 Å². The van der Waals surface area contributed by atoms with Gasteiger partial charge in [0.2, 0.25) is 0 Å². The predicted octanol–water partition coefficient (Wildman–Crippen LogP) is 1.74. The van der Waals surface area contributed by atoms with Gasteiger partial charge < -0.3 is 10.1 Å². The fourth-order valence-corrected chi connectivity index (χ4v) is 2.13. The van der Waals surface area contributed by atoms with E-state index in [1.165, 1.54) is 0 Å². The predicted molar refractivity (Wildman–Crippen MR) is 74.5 cm³/mol. The Labute approximate surface area is 127 Å². The van der Waals surface area contributed by atoms with E-state index in [1.54, 1.807) is 13.8 Å². The highest BCUT2D eigenvalue weighted by Crippen LogP contribution is 2.64. The Hall–Kier alpha value is -1.01. The number of rotatable bonds is 5. The van der Waals surface area contributed by atoms with Crippen LogP contribution in [-0.4, -0.2) is 34.9 Å².